The zero-order chi connectivity index (χ0) is 24.8. The van der Waals surface area contributed by atoms with E-state index in [0.29, 0.717) is 5.56 Å². The molecule has 0 fully saturated rings. The molecule has 0 radical (unpaired) electrons. The Morgan fingerprint density at radius 2 is 1.59 bits per heavy atom. The standard InChI is InChI=1S/C30H29NS/c1-18-14-20(15-19-8-6-7-9-21(18)19)27-28-22(10-13-31-27)23-16-24-25(17-26(23)32-28)30(4,5)12-11-29(24,2)3/h6-10,13-17H,11-12H2,1-5H3/i1D3. The van der Waals surface area contributed by atoms with E-state index in [0.717, 1.165) is 26.7 Å². The van der Waals surface area contributed by atoms with E-state index in [2.05, 4.69) is 52.0 Å². The summed E-state index contributed by atoms with van der Waals surface area (Å²) in [5.74, 6) is 0. The summed E-state index contributed by atoms with van der Waals surface area (Å²) in [6.45, 7) is 7.25. The van der Waals surface area contributed by atoms with Crippen molar-refractivity contribution in [2.24, 2.45) is 0 Å². The minimum atomic E-state index is -2.19. The monoisotopic (exact) mass is 438 g/mol. The second-order valence-corrected chi connectivity index (χ2v) is 11.6. The first-order chi connectivity index (χ1) is 16.5. The van der Waals surface area contributed by atoms with Crippen LogP contribution in [0.1, 0.15) is 61.3 Å². The average Bonchev–Trinajstić information content (AvgIpc) is 3.18. The van der Waals surface area contributed by atoms with Crippen LogP contribution in [0.2, 0.25) is 0 Å². The summed E-state index contributed by atoms with van der Waals surface area (Å²) in [6, 6.07) is 18.6. The van der Waals surface area contributed by atoms with Gasteiger partial charge in [0.25, 0.3) is 0 Å². The first-order valence-corrected chi connectivity index (χ1v) is 12.2. The summed E-state index contributed by atoms with van der Waals surface area (Å²) >= 11 is 1.77. The van der Waals surface area contributed by atoms with Crippen molar-refractivity contribution >= 4 is 42.3 Å². The molecule has 1 aliphatic carbocycles. The molecule has 0 saturated heterocycles. The first kappa shape index (κ1) is 16.9. The highest BCUT2D eigenvalue weighted by Crippen LogP contribution is 2.49. The molecule has 0 N–H and O–H groups in total. The maximum atomic E-state index is 8.15. The number of rotatable bonds is 1. The van der Waals surface area contributed by atoms with Gasteiger partial charge in [0.1, 0.15) is 0 Å². The fourth-order valence-corrected chi connectivity index (χ4v) is 6.65. The molecule has 0 saturated carbocycles. The van der Waals surface area contributed by atoms with E-state index in [1.807, 2.05) is 36.5 Å². The molecule has 6 rings (SSSR count). The van der Waals surface area contributed by atoms with Crippen molar-refractivity contribution in [2.75, 3.05) is 0 Å². The molecule has 0 spiro atoms. The number of hydrogen-bond acceptors (Lipinski definition) is 2. The Balaban J connectivity index is 1.65. The van der Waals surface area contributed by atoms with Crippen LogP contribution in [0, 0.1) is 6.85 Å². The quantitative estimate of drug-likeness (QED) is 0.254. The van der Waals surface area contributed by atoms with E-state index < -0.39 is 6.85 Å². The lowest BCUT2D eigenvalue weighted by Crippen LogP contribution is -2.33. The summed E-state index contributed by atoms with van der Waals surface area (Å²) in [7, 11) is 0. The van der Waals surface area contributed by atoms with Crippen molar-refractivity contribution in [3.63, 3.8) is 0 Å². The molecule has 32 heavy (non-hydrogen) atoms. The van der Waals surface area contributed by atoms with E-state index in [1.165, 1.54) is 39.4 Å². The van der Waals surface area contributed by atoms with Crippen LogP contribution >= 0.6 is 11.3 Å². The topological polar surface area (TPSA) is 12.9 Å². The van der Waals surface area contributed by atoms with E-state index in [9.17, 15) is 0 Å². The van der Waals surface area contributed by atoms with E-state index in [1.54, 1.807) is 11.3 Å². The van der Waals surface area contributed by atoms with Crippen LogP contribution in [-0.2, 0) is 10.8 Å². The van der Waals surface area contributed by atoms with Crippen LogP contribution in [0.4, 0.5) is 0 Å². The van der Waals surface area contributed by atoms with Crippen molar-refractivity contribution in [1.82, 2.24) is 4.98 Å². The van der Waals surface area contributed by atoms with E-state index in [-0.39, 0.29) is 10.8 Å². The van der Waals surface area contributed by atoms with Crippen LogP contribution in [0.15, 0.2) is 60.8 Å². The first-order valence-electron chi connectivity index (χ1n) is 12.9. The number of aryl methyl sites for hydroxylation is 1. The van der Waals surface area contributed by atoms with Gasteiger partial charge in [-0.2, -0.15) is 0 Å². The normalized spacial score (nSPS) is 18.9. The van der Waals surface area contributed by atoms with E-state index >= 15 is 0 Å². The largest absolute Gasteiger partial charge is 0.255 e. The SMILES string of the molecule is [2H]C([2H])([2H])c1cc(-c2nccc3c2sc2cc4c(cc23)C(C)(C)CCC4(C)C)cc2ccccc12. The predicted octanol–water partition coefficient (Wildman–Crippen LogP) is 8.93. The minimum Gasteiger partial charge on any atom is -0.255 e. The van der Waals surface area contributed by atoms with Gasteiger partial charge in [-0.25, -0.2) is 0 Å². The van der Waals surface area contributed by atoms with Gasteiger partial charge in [0, 0.05) is 31.3 Å². The molecule has 160 valence electrons. The Labute approximate surface area is 198 Å². The third-order valence-corrected chi connectivity index (χ3v) is 8.67. The zero-order valence-corrected chi connectivity index (χ0v) is 19.9. The van der Waals surface area contributed by atoms with Crippen LogP contribution < -0.4 is 0 Å². The molecule has 1 nitrogen and oxygen atoms in total. The Morgan fingerprint density at radius 1 is 0.844 bits per heavy atom. The van der Waals surface area contributed by atoms with Gasteiger partial charge in [0.2, 0.25) is 0 Å². The van der Waals surface area contributed by atoms with Crippen LogP contribution in [-0.4, -0.2) is 4.98 Å². The number of pyridine rings is 1. The molecule has 3 aromatic carbocycles. The number of hydrogen-bond donors (Lipinski definition) is 0. The molecule has 2 aromatic heterocycles. The lowest BCUT2D eigenvalue weighted by Gasteiger charge is -2.41. The van der Waals surface area contributed by atoms with E-state index in [4.69, 9.17) is 9.10 Å². The third kappa shape index (κ3) is 2.85. The van der Waals surface area contributed by atoms with Gasteiger partial charge in [-0.15, -0.1) is 11.3 Å². The van der Waals surface area contributed by atoms with Gasteiger partial charge in [-0.3, -0.25) is 4.98 Å². The minimum absolute atomic E-state index is 0.149. The van der Waals surface area contributed by atoms with Gasteiger partial charge < -0.3 is 0 Å². The molecule has 2 heterocycles. The molecular weight excluding hydrogens is 406 g/mol. The maximum absolute atomic E-state index is 8.15. The molecular formula is C30H29NS. The van der Waals surface area contributed by atoms with Crippen molar-refractivity contribution in [3.8, 4) is 11.3 Å². The van der Waals surface area contributed by atoms with Gasteiger partial charge >= 0.3 is 0 Å². The van der Waals surface area contributed by atoms with Crippen molar-refractivity contribution in [1.29, 1.82) is 0 Å². The molecule has 2 heteroatoms. The number of thiophene rings is 1. The van der Waals surface area contributed by atoms with Gasteiger partial charge in [-0.05, 0) is 88.3 Å². The lowest BCUT2D eigenvalue weighted by atomic mass is 9.63. The number of aromatic nitrogens is 1. The number of nitrogens with zero attached hydrogens (tertiary/aromatic N) is 1. The number of fused-ring (bicyclic) bond motifs is 5. The van der Waals surface area contributed by atoms with Gasteiger partial charge in [-0.1, -0.05) is 52.0 Å². The Bertz CT molecular complexity index is 1640. The summed E-state index contributed by atoms with van der Waals surface area (Å²) < 4.78 is 26.8. The summed E-state index contributed by atoms with van der Waals surface area (Å²) in [5, 5.41) is 4.17. The predicted molar refractivity (Wildman–Crippen MR) is 140 cm³/mol. The highest BCUT2D eigenvalue weighted by molar-refractivity contribution is 7.26. The lowest BCUT2D eigenvalue weighted by molar-refractivity contribution is 0.332. The Kier molecular flexibility index (Phi) is 3.50. The fraction of sp³-hybridized carbons (Fsp3) is 0.300. The molecule has 1 aliphatic rings. The highest BCUT2D eigenvalue weighted by Gasteiger charge is 2.37. The fourth-order valence-electron chi connectivity index (χ4n) is 5.42. The average molecular weight is 439 g/mol. The van der Waals surface area contributed by atoms with Crippen LogP contribution in [0.25, 0.3) is 42.2 Å². The third-order valence-electron chi connectivity index (χ3n) is 7.49. The summed E-state index contributed by atoms with van der Waals surface area (Å²) in [4.78, 5) is 4.78. The van der Waals surface area contributed by atoms with Crippen molar-refractivity contribution < 1.29 is 4.11 Å². The second kappa shape index (κ2) is 6.65. The molecule has 0 aliphatic heterocycles. The van der Waals surface area contributed by atoms with Crippen LogP contribution in [0.3, 0.4) is 0 Å². The Morgan fingerprint density at radius 3 is 2.38 bits per heavy atom. The van der Waals surface area contributed by atoms with Gasteiger partial charge in [0.15, 0.2) is 0 Å². The summed E-state index contributed by atoms with van der Waals surface area (Å²) in [5.41, 5.74) is 5.31. The smallest absolute Gasteiger partial charge is 0.0880 e. The van der Waals surface area contributed by atoms with Crippen LogP contribution in [0.5, 0.6) is 0 Å². The zero-order valence-electron chi connectivity index (χ0n) is 22.0. The second-order valence-electron chi connectivity index (χ2n) is 10.5. The molecule has 0 atom stereocenters. The molecule has 0 amide bonds. The Hall–Kier alpha value is -2.71. The molecule has 0 bridgehead atoms. The van der Waals surface area contributed by atoms with Crippen molar-refractivity contribution in [3.05, 3.63) is 77.5 Å². The molecule has 0 unspecified atom stereocenters. The number of benzene rings is 3. The highest BCUT2D eigenvalue weighted by atomic mass is 32.1. The van der Waals surface area contributed by atoms with Gasteiger partial charge in [0.05, 0.1) is 10.4 Å². The molecule has 5 aromatic rings. The summed E-state index contributed by atoms with van der Waals surface area (Å²) in [6.07, 6.45) is 4.23. The van der Waals surface area contributed by atoms with Crippen molar-refractivity contribution in [2.45, 2.75) is 58.2 Å². The maximum Gasteiger partial charge on any atom is 0.0880 e.